The van der Waals surface area contributed by atoms with E-state index < -0.39 is 0 Å². The summed E-state index contributed by atoms with van der Waals surface area (Å²) in [6.07, 6.45) is 6.35. The maximum absolute atomic E-state index is 12.3. The molecule has 1 aliphatic carbocycles. The SMILES string of the molecule is CCOC(=O)C(CC1CC1)N(/C=C(\C)CCN(C)C)COC. The number of hydrogen-bond acceptors (Lipinski definition) is 5. The van der Waals surface area contributed by atoms with E-state index in [4.69, 9.17) is 9.47 Å². The summed E-state index contributed by atoms with van der Waals surface area (Å²) in [6, 6.07) is -0.235. The lowest BCUT2D eigenvalue weighted by Crippen LogP contribution is -2.40. The second-order valence-corrected chi connectivity index (χ2v) is 6.41. The number of rotatable bonds is 11. The van der Waals surface area contributed by atoms with Gasteiger partial charge in [0.05, 0.1) is 6.61 Å². The van der Waals surface area contributed by atoms with Gasteiger partial charge in [0.25, 0.3) is 0 Å². The molecule has 1 saturated carbocycles. The molecule has 1 fully saturated rings. The Balaban J connectivity index is 2.76. The fourth-order valence-corrected chi connectivity index (χ4v) is 2.39. The molecule has 0 aromatic carbocycles. The maximum atomic E-state index is 12.3. The van der Waals surface area contributed by atoms with E-state index in [1.807, 2.05) is 11.8 Å². The van der Waals surface area contributed by atoms with Gasteiger partial charge in [0.15, 0.2) is 0 Å². The van der Waals surface area contributed by atoms with Gasteiger partial charge in [-0.2, -0.15) is 0 Å². The third-order valence-electron chi connectivity index (χ3n) is 3.83. The Bertz CT molecular complexity index is 365. The fourth-order valence-electron chi connectivity index (χ4n) is 2.39. The first-order valence-electron chi connectivity index (χ1n) is 8.21. The van der Waals surface area contributed by atoms with Crippen molar-refractivity contribution in [2.75, 3.05) is 41.1 Å². The van der Waals surface area contributed by atoms with Crippen LogP contribution >= 0.6 is 0 Å². The van der Waals surface area contributed by atoms with E-state index in [0.717, 1.165) is 19.4 Å². The van der Waals surface area contributed by atoms with Crippen LogP contribution in [0, 0.1) is 5.92 Å². The summed E-state index contributed by atoms with van der Waals surface area (Å²) in [6.45, 7) is 5.78. The van der Waals surface area contributed by atoms with Crippen molar-refractivity contribution in [2.45, 2.75) is 45.6 Å². The minimum absolute atomic E-state index is 0.136. The van der Waals surface area contributed by atoms with Gasteiger partial charge in [0.2, 0.25) is 0 Å². The number of ether oxygens (including phenoxy) is 2. The summed E-state index contributed by atoms with van der Waals surface area (Å²) < 4.78 is 10.6. The highest BCUT2D eigenvalue weighted by Gasteiger charge is 2.33. The first-order chi connectivity index (χ1) is 10.5. The van der Waals surface area contributed by atoms with E-state index in [1.165, 1.54) is 18.4 Å². The number of methoxy groups -OCH3 is 1. The standard InChI is InChI=1S/C17H32N2O3/c1-6-22-17(20)16(11-15-7-8-15)19(13-21-5)12-14(2)9-10-18(3)4/h12,15-16H,6-11,13H2,1-5H3/b14-12+. The van der Waals surface area contributed by atoms with Crippen LogP contribution in [-0.2, 0) is 14.3 Å². The normalized spacial score (nSPS) is 16.7. The smallest absolute Gasteiger partial charge is 0.328 e. The van der Waals surface area contributed by atoms with Gasteiger partial charge in [-0.05, 0) is 46.7 Å². The summed E-state index contributed by atoms with van der Waals surface area (Å²) >= 11 is 0. The molecule has 5 heteroatoms. The second kappa shape index (κ2) is 9.85. The maximum Gasteiger partial charge on any atom is 0.328 e. The highest BCUT2D eigenvalue weighted by Crippen LogP contribution is 2.35. The van der Waals surface area contributed by atoms with Crippen molar-refractivity contribution in [1.29, 1.82) is 0 Å². The second-order valence-electron chi connectivity index (χ2n) is 6.41. The van der Waals surface area contributed by atoms with Crippen molar-refractivity contribution in [3.63, 3.8) is 0 Å². The molecule has 0 spiro atoms. The van der Waals surface area contributed by atoms with Gasteiger partial charge in [0, 0.05) is 19.9 Å². The van der Waals surface area contributed by atoms with Crippen molar-refractivity contribution in [3.05, 3.63) is 11.8 Å². The minimum Gasteiger partial charge on any atom is -0.464 e. The molecule has 0 bridgehead atoms. The van der Waals surface area contributed by atoms with Crippen LogP contribution in [0.2, 0.25) is 0 Å². The average molecular weight is 312 g/mol. The van der Waals surface area contributed by atoms with Crippen LogP contribution in [0.25, 0.3) is 0 Å². The number of carbonyl (C=O) groups excluding carboxylic acids is 1. The summed E-state index contributed by atoms with van der Waals surface area (Å²) in [4.78, 5) is 16.5. The van der Waals surface area contributed by atoms with Gasteiger partial charge in [0.1, 0.15) is 12.8 Å². The van der Waals surface area contributed by atoms with E-state index in [-0.39, 0.29) is 12.0 Å². The first-order valence-corrected chi connectivity index (χ1v) is 8.21. The molecule has 0 aromatic rings. The third kappa shape index (κ3) is 7.27. The fraction of sp³-hybridized carbons (Fsp3) is 0.824. The van der Waals surface area contributed by atoms with E-state index in [1.54, 1.807) is 7.11 Å². The lowest BCUT2D eigenvalue weighted by molar-refractivity contribution is -0.150. The molecule has 0 amide bonds. The molecule has 1 rings (SSSR count). The Hall–Kier alpha value is -1.07. The molecule has 0 N–H and O–H groups in total. The van der Waals surface area contributed by atoms with Crippen LogP contribution in [-0.4, -0.2) is 62.9 Å². The molecule has 0 heterocycles. The van der Waals surface area contributed by atoms with E-state index in [0.29, 0.717) is 19.3 Å². The van der Waals surface area contributed by atoms with Gasteiger partial charge >= 0.3 is 5.97 Å². The van der Waals surface area contributed by atoms with Gasteiger partial charge in [-0.25, -0.2) is 4.79 Å². The predicted octanol–water partition coefficient (Wildman–Crippen LogP) is 2.48. The summed E-state index contributed by atoms with van der Waals surface area (Å²) in [5.41, 5.74) is 1.25. The molecule has 0 aromatic heterocycles. The predicted molar refractivity (Wildman–Crippen MR) is 88.4 cm³/mol. The Labute approximate surface area is 135 Å². The molecule has 0 aliphatic heterocycles. The van der Waals surface area contributed by atoms with E-state index in [2.05, 4.69) is 32.1 Å². The van der Waals surface area contributed by atoms with Crippen LogP contribution in [0.5, 0.6) is 0 Å². The monoisotopic (exact) mass is 312 g/mol. The van der Waals surface area contributed by atoms with Crippen LogP contribution in [0.3, 0.4) is 0 Å². The zero-order valence-electron chi connectivity index (χ0n) is 14.8. The van der Waals surface area contributed by atoms with Crippen molar-refractivity contribution < 1.29 is 14.3 Å². The molecule has 22 heavy (non-hydrogen) atoms. The molecule has 128 valence electrons. The molecule has 1 unspecified atom stereocenters. The van der Waals surface area contributed by atoms with Gasteiger partial charge in [-0.3, -0.25) is 0 Å². The minimum atomic E-state index is -0.235. The van der Waals surface area contributed by atoms with E-state index in [9.17, 15) is 4.79 Å². The van der Waals surface area contributed by atoms with Gasteiger partial charge in [-0.1, -0.05) is 18.4 Å². The van der Waals surface area contributed by atoms with Crippen molar-refractivity contribution in [2.24, 2.45) is 5.92 Å². The Morgan fingerprint density at radius 3 is 2.55 bits per heavy atom. The van der Waals surface area contributed by atoms with E-state index >= 15 is 0 Å². The molecule has 1 aliphatic rings. The van der Waals surface area contributed by atoms with Crippen LogP contribution in [0.15, 0.2) is 11.8 Å². The number of hydrogen-bond donors (Lipinski definition) is 0. The highest BCUT2D eigenvalue weighted by molar-refractivity contribution is 5.76. The van der Waals surface area contributed by atoms with Gasteiger partial charge < -0.3 is 19.3 Å². The average Bonchev–Trinajstić information content (AvgIpc) is 3.26. The third-order valence-corrected chi connectivity index (χ3v) is 3.83. The van der Waals surface area contributed by atoms with Crippen LogP contribution in [0.4, 0.5) is 0 Å². The zero-order valence-corrected chi connectivity index (χ0v) is 14.8. The largest absolute Gasteiger partial charge is 0.464 e. The summed E-state index contributed by atoms with van der Waals surface area (Å²) in [5, 5.41) is 0. The van der Waals surface area contributed by atoms with Crippen LogP contribution in [0.1, 0.15) is 39.5 Å². The number of esters is 1. The van der Waals surface area contributed by atoms with Crippen molar-refractivity contribution in [1.82, 2.24) is 9.80 Å². The number of carbonyl (C=O) groups is 1. The topological polar surface area (TPSA) is 42.0 Å². The molecule has 0 saturated heterocycles. The Morgan fingerprint density at radius 2 is 2.05 bits per heavy atom. The molecular formula is C17H32N2O3. The Morgan fingerprint density at radius 1 is 1.36 bits per heavy atom. The lowest BCUT2D eigenvalue weighted by atomic mass is 10.1. The number of nitrogens with zero attached hydrogens (tertiary/aromatic N) is 2. The van der Waals surface area contributed by atoms with Crippen molar-refractivity contribution >= 4 is 5.97 Å². The van der Waals surface area contributed by atoms with Crippen LogP contribution < -0.4 is 0 Å². The summed E-state index contributed by atoms with van der Waals surface area (Å²) in [7, 11) is 5.79. The first kappa shape index (κ1) is 19.0. The lowest BCUT2D eigenvalue weighted by Gasteiger charge is -2.29. The van der Waals surface area contributed by atoms with Crippen molar-refractivity contribution in [3.8, 4) is 0 Å². The molecule has 0 radical (unpaired) electrons. The summed E-state index contributed by atoms with van der Waals surface area (Å²) in [5.74, 6) is 0.521. The molecular weight excluding hydrogens is 280 g/mol. The zero-order chi connectivity index (χ0) is 16.5. The Kier molecular flexibility index (Phi) is 8.49. The molecule has 1 atom stereocenters. The van der Waals surface area contributed by atoms with Gasteiger partial charge in [-0.15, -0.1) is 0 Å². The quantitative estimate of drug-likeness (QED) is 0.433. The highest BCUT2D eigenvalue weighted by atomic mass is 16.5. The molecule has 5 nitrogen and oxygen atoms in total.